The van der Waals surface area contributed by atoms with Crippen molar-refractivity contribution < 1.29 is 9.13 Å². The van der Waals surface area contributed by atoms with Crippen LogP contribution in [0.2, 0.25) is 5.02 Å². The summed E-state index contributed by atoms with van der Waals surface area (Å²) in [6, 6.07) is 18.7. The maximum atomic E-state index is 15.1. The van der Waals surface area contributed by atoms with Crippen LogP contribution in [0.1, 0.15) is 30.0 Å². The predicted octanol–water partition coefficient (Wildman–Crippen LogP) is 8.31. The molecule has 0 radical (unpaired) electrons. The first-order valence-electron chi connectivity index (χ1n) is 12.9. The maximum absolute atomic E-state index is 15.1. The third-order valence-corrected chi connectivity index (χ3v) is 7.95. The van der Waals surface area contributed by atoms with Crippen LogP contribution >= 0.6 is 22.9 Å². The summed E-state index contributed by atoms with van der Waals surface area (Å²) < 4.78 is 22.0. The molecule has 0 saturated carbocycles. The topological polar surface area (TPSA) is 59.4 Å². The third kappa shape index (κ3) is 5.71. The zero-order chi connectivity index (χ0) is 26.8. The van der Waals surface area contributed by atoms with E-state index in [2.05, 4.69) is 33.3 Å². The first kappa shape index (κ1) is 25.6. The molecular weight excluding hydrogens is 531 g/mol. The first-order chi connectivity index (χ1) is 19.1. The molecule has 0 fully saturated rings. The van der Waals surface area contributed by atoms with E-state index in [-0.39, 0.29) is 5.75 Å². The molecule has 6 rings (SSSR count). The van der Waals surface area contributed by atoms with Crippen molar-refractivity contribution in [2.45, 2.75) is 32.7 Å². The average molecular weight is 557 g/mol. The number of ether oxygens (including phenoxy) is 1. The molecule has 1 aliphatic rings. The molecule has 0 saturated heterocycles. The predicted molar refractivity (Wildman–Crippen MR) is 157 cm³/mol. The van der Waals surface area contributed by atoms with Crippen molar-refractivity contribution in [1.82, 2.24) is 15.3 Å². The van der Waals surface area contributed by atoms with Crippen molar-refractivity contribution in [2.75, 3.05) is 6.54 Å². The van der Waals surface area contributed by atoms with Gasteiger partial charge in [-0.05, 0) is 66.1 Å². The molecule has 5 nitrogen and oxygen atoms in total. The molecule has 5 aromatic rings. The van der Waals surface area contributed by atoms with E-state index in [0.29, 0.717) is 17.2 Å². The van der Waals surface area contributed by atoms with Crippen LogP contribution in [0.25, 0.3) is 20.8 Å². The van der Waals surface area contributed by atoms with Gasteiger partial charge in [-0.2, -0.15) is 0 Å². The fourth-order valence-electron chi connectivity index (χ4n) is 4.62. The summed E-state index contributed by atoms with van der Waals surface area (Å²) in [5.74, 6) is 0.324. The fraction of sp³-hybridized carbons (Fsp3) is 0.194. The molecule has 0 amide bonds. The number of pyridine rings is 2. The van der Waals surface area contributed by atoms with Crippen molar-refractivity contribution in [3.8, 4) is 22.1 Å². The number of rotatable bonds is 9. The number of aliphatic imine (C=N–C) groups is 1. The zero-order valence-electron chi connectivity index (χ0n) is 21.4. The minimum absolute atomic E-state index is 0.173. The van der Waals surface area contributed by atoms with Gasteiger partial charge in [-0.1, -0.05) is 36.7 Å². The molecular formula is C31H26ClFN4OS. The lowest BCUT2D eigenvalue weighted by molar-refractivity contribution is 0.446. The first-order valence-corrected chi connectivity index (χ1v) is 14.1. The minimum Gasteiger partial charge on any atom is -0.453 e. The van der Waals surface area contributed by atoms with Crippen LogP contribution in [0.15, 0.2) is 78.0 Å². The Balaban J connectivity index is 1.18. The summed E-state index contributed by atoms with van der Waals surface area (Å²) in [6.45, 7) is 3.93. The van der Waals surface area contributed by atoms with Gasteiger partial charge in [-0.25, -0.2) is 4.39 Å². The number of hydrogen-bond acceptors (Lipinski definition) is 6. The highest BCUT2D eigenvalue weighted by atomic mass is 35.5. The summed E-state index contributed by atoms with van der Waals surface area (Å²) in [4.78, 5) is 14.8. The second-order valence-corrected chi connectivity index (χ2v) is 11.0. The lowest BCUT2D eigenvalue weighted by Crippen LogP contribution is -2.13. The van der Waals surface area contributed by atoms with Gasteiger partial charge in [0.05, 0.1) is 26.5 Å². The van der Waals surface area contributed by atoms with Crippen molar-refractivity contribution in [1.29, 1.82) is 0 Å². The van der Waals surface area contributed by atoms with Gasteiger partial charge in [-0.15, -0.1) is 11.3 Å². The quantitative estimate of drug-likeness (QED) is 0.185. The van der Waals surface area contributed by atoms with Crippen LogP contribution in [-0.2, 0) is 19.4 Å². The average Bonchev–Trinajstić information content (AvgIpc) is 3.55. The maximum Gasteiger partial charge on any atom is 0.166 e. The molecule has 0 bridgehead atoms. The lowest BCUT2D eigenvalue weighted by atomic mass is 10.0. The largest absolute Gasteiger partial charge is 0.453 e. The van der Waals surface area contributed by atoms with Gasteiger partial charge in [0.25, 0.3) is 0 Å². The lowest BCUT2D eigenvalue weighted by Gasteiger charge is -2.09. The molecule has 0 spiro atoms. The van der Waals surface area contributed by atoms with Crippen LogP contribution in [0, 0.1) is 5.82 Å². The van der Waals surface area contributed by atoms with E-state index in [1.54, 1.807) is 18.3 Å². The van der Waals surface area contributed by atoms with Crippen molar-refractivity contribution in [3.63, 3.8) is 0 Å². The molecule has 2 aromatic carbocycles. The summed E-state index contributed by atoms with van der Waals surface area (Å²) >= 11 is 7.62. The number of fused-ring (bicyclic) bond motifs is 2. The Kier molecular flexibility index (Phi) is 7.37. The highest BCUT2D eigenvalue weighted by Crippen LogP contribution is 2.39. The van der Waals surface area contributed by atoms with Gasteiger partial charge in [0, 0.05) is 48.6 Å². The highest BCUT2D eigenvalue weighted by Gasteiger charge is 2.17. The van der Waals surface area contributed by atoms with Crippen LogP contribution in [0.3, 0.4) is 0 Å². The Bertz CT molecular complexity index is 1680. The van der Waals surface area contributed by atoms with Gasteiger partial charge in [0.15, 0.2) is 11.6 Å². The van der Waals surface area contributed by atoms with Crippen molar-refractivity contribution in [3.05, 3.63) is 101 Å². The zero-order valence-corrected chi connectivity index (χ0v) is 23.0. The number of benzene rings is 2. The van der Waals surface area contributed by atoms with Gasteiger partial charge < -0.3 is 10.1 Å². The number of aromatic nitrogens is 2. The summed E-state index contributed by atoms with van der Waals surface area (Å²) in [5.41, 5.74) is 6.67. The van der Waals surface area contributed by atoms with Crippen LogP contribution in [-0.4, -0.2) is 22.2 Å². The third-order valence-electron chi connectivity index (χ3n) is 6.55. The molecule has 1 N–H and O–H groups in total. The van der Waals surface area contributed by atoms with Gasteiger partial charge >= 0.3 is 0 Å². The minimum atomic E-state index is -0.415. The van der Waals surface area contributed by atoms with E-state index < -0.39 is 5.82 Å². The molecule has 8 heteroatoms. The Morgan fingerprint density at radius 3 is 2.72 bits per heavy atom. The monoisotopic (exact) mass is 556 g/mol. The van der Waals surface area contributed by atoms with Crippen LogP contribution in [0.5, 0.6) is 11.5 Å². The van der Waals surface area contributed by atoms with E-state index in [9.17, 15) is 0 Å². The van der Waals surface area contributed by atoms with Crippen LogP contribution < -0.4 is 10.1 Å². The fourth-order valence-corrected chi connectivity index (χ4v) is 5.83. The Morgan fingerprint density at radius 1 is 1.00 bits per heavy atom. The smallest absolute Gasteiger partial charge is 0.166 e. The molecule has 0 aliphatic carbocycles. The van der Waals surface area contributed by atoms with Gasteiger partial charge in [-0.3, -0.25) is 15.0 Å². The molecule has 3 aromatic heterocycles. The second-order valence-electron chi connectivity index (χ2n) is 9.53. The Labute approximate surface area is 235 Å². The van der Waals surface area contributed by atoms with Gasteiger partial charge in [0.2, 0.25) is 0 Å². The number of nitrogens with zero attached hydrogens (tertiary/aromatic N) is 3. The number of nitrogens with one attached hydrogen (secondary N) is 1. The van der Waals surface area contributed by atoms with E-state index in [1.807, 2.05) is 42.6 Å². The Hall–Kier alpha value is -3.65. The van der Waals surface area contributed by atoms with E-state index >= 15 is 4.39 Å². The van der Waals surface area contributed by atoms with Gasteiger partial charge in [0.1, 0.15) is 5.75 Å². The van der Waals surface area contributed by atoms with E-state index in [1.165, 1.54) is 17.4 Å². The summed E-state index contributed by atoms with van der Waals surface area (Å²) in [6.07, 6.45) is 5.99. The second kappa shape index (κ2) is 11.2. The molecule has 0 atom stereocenters. The highest BCUT2D eigenvalue weighted by molar-refractivity contribution is 7.22. The molecule has 39 heavy (non-hydrogen) atoms. The Morgan fingerprint density at radius 2 is 1.90 bits per heavy atom. The SMILES string of the molecule is CCCNCc1ccc(-c2cc3nccc(Oc4ccc(CC5=Nc6cc(Cl)ccc6C5)cc4F)c3s2)nc1. The molecule has 0 unspecified atom stereocenters. The number of thiophene rings is 1. The molecule has 1 aliphatic heterocycles. The molecule has 4 heterocycles. The summed E-state index contributed by atoms with van der Waals surface area (Å²) in [7, 11) is 0. The van der Waals surface area contributed by atoms with Crippen LogP contribution in [0.4, 0.5) is 10.1 Å². The van der Waals surface area contributed by atoms with E-state index in [0.717, 1.165) is 74.8 Å². The number of hydrogen-bond donors (Lipinski definition) is 1. The standard InChI is InChI=1S/C31H26ClFN4OS/c1-2-10-34-17-20-3-7-25(36-18-20)30-16-27-31(39-30)29(9-11-35-27)38-28-8-4-19(13-24(28)33)12-23-14-21-5-6-22(32)15-26(21)37-23/h3-9,11,13,15-16,18,34H,2,10,12,14,17H2,1H3. The van der Waals surface area contributed by atoms with E-state index in [4.69, 9.17) is 16.3 Å². The van der Waals surface area contributed by atoms with Crippen molar-refractivity contribution in [2.24, 2.45) is 4.99 Å². The number of halogens is 2. The normalized spacial score (nSPS) is 12.5. The van der Waals surface area contributed by atoms with Crippen molar-refractivity contribution >= 4 is 44.6 Å². The summed E-state index contributed by atoms with van der Waals surface area (Å²) in [5, 5.41) is 4.05. The molecule has 196 valence electrons.